The van der Waals surface area contributed by atoms with E-state index in [1.165, 1.54) is 16.9 Å². The number of carboxylic acids is 1. The van der Waals surface area contributed by atoms with Gasteiger partial charge >= 0.3 is 5.97 Å². The van der Waals surface area contributed by atoms with E-state index in [0.717, 1.165) is 10.9 Å². The van der Waals surface area contributed by atoms with Gasteiger partial charge in [0.2, 0.25) is 0 Å². The van der Waals surface area contributed by atoms with Crippen LogP contribution in [0.25, 0.3) is 0 Å². The molecule has 3 unspecified atom stereocenters. The number of rotatable bonds is 3. The van der Waals surface area contributed by atoms with E-state index in [1.54, 1.807) is 0 Å². The lowest BCUT2D eigenvalue weighted by atomic mass is 9.99. The highest BCUT2D eigenvalue weighted by Gasteiger charge is 2.36. The summed E-state index contributed by atoms with van der Waals surface area (Å²) >= 11 is 7.45. The molecule has 3 atom stereocenters. The molecule has 0 aliphatic carbocycles. The lowest BCUT2D eigenvalue weighted by molar-refractivity contribution is -0.142. The molecule has 1 N–H and O–H groups in total. The summed E-state index contributed by atoms with van der Waals surface area (Å²) in [5.41, 5.74) is 1.18. The zero-order chi connectivity index (χ0) is 12.6. The summed E-state index contributed by atoms with van der Waals surface area (Å²) in [6.45, 7) is 5.58. The Kier molecular flexibility index (Phi) is 3.76. The van der Waals surface area contributed by atoms with E-state index in [2.05, 4.69) is 11.8 Å². The van der Waals surface area contributed by atoms with Crippen molar-refractivity contribution in [3.8, 4) is 0 Å². The first-order valence-corrected chi connectivity index (χ1v) is 6.95. The Morgan fingerprint density at radius 2 is 2.35 bits per heavy atom. The molecule has 0 radical (unpaired) electrons. The minimum absolute atomic E-state index is 0.212. The van der Waals surface area contributed by atoms with Gasteiger partial charge < -0.3 is 5.11 Å². The van der Waals surface area contributed by atoms with Gasteiger partial charge in [0.05, 0.1) is 10.3 Å². The largest absolute Gasteiger partial charge is 0.481 e. The second-order valence-corrected chi connectivity index (χ2v) is 6.28. The van der Waals surface area contributed by atoms with E-state index in [9.17, 15) is 4.79 Å². The SMILES string of the molecule is CC1CN(C(C)c2csc(Cl)c2)CC1C(=O)O. The average Bonchev–Trinajstić information content (AvgIpc) is 2.83. The molecular formula is C12H16ClNO2S. The summed E-state index contributed by atoms with van der Waals surface area (Å²) in [7, 11) is 0. The Morgan fingerprint density at radius 3 is 2.82 bits per heavy atom. The topological polar surface area (TPSA) is 40.5 Å². The van der Waals surface area contributed by atoms with Gasteiger partial charge in [-0.15, -0.1) is 11.3 Å². The van der Waals surface area contributed by atoms with Crippen LogP contribution in [0.15, 0.2) is 11.4 Å². The maximum atomic E-state index is 11.1. The molecule has 1 aliphatic heterocycles. The fourth-order valence-electron chi connectivity index (χ4n) is 2.40. The number of thiophene rings is 1. The fraction of sp³-hybridized carbons (Fsp3) is 0.583. The van der Waals surface area contributed by atoms with Gasteiger partial charge in [-0.3, -0.25) is 9.69 Å². The number of hydrogen-bond donors (Lipinski definition) is 1. The van der Waals surface area contributed by atoms with Gasteiger partial charge in [0.15, 0.2) is 0 Å². The van der Waals surface area contributed by atoms with Gasteiger partial charge in [0, 0.05) is 19.1 Å². The molecule has 0 spiro atoms. The molecule has 2 heterocycles. The van der Waals surface area contributed by atoms with E-state index in [0.29, 0.717) is 6.54 Å². The quantitative estimate of drug-likeness (QED) is 0.920. The molecule has 2 rings (SSSR count). The predicted octanol–water partition coefficient (Wildman–Crippen LogP) is 3.12. The molecule has 1 saturated heterocycles. The standard InChI is InChI=1S/C12H16ClNO2S/c1-7-4-14(5-10(7)12(15)16)8(2)9-3-11(13)17-6-9/h3,6-8,10H,4-5H2,1-2H3,(H,15,16). The maximum Gasteiger partial charge on any atom is 0.308 e. The van der Waals surface area contributed by atoms with Gasteiger partial charge in [-0.05, 0) is 29.9 Å². The second-order valence-electron chi connectivity index (χ2n) is 4.74. The average molecular weight is 274 g/mol. The Morgan fingerprint density at radius 1 is 1.65 bits per heavy atom. The van der Waals surface area contributed by atoms with Crippen LogP contribution in [0, 0.1) is 11.8 Å². The molecule has 5 heteroatoms. The molecule has 1 fully saturated rings. The highest BCUT2D eigenvalue weighted by molar-refractivity contribution is 7.14. The third-order valence-corrected chi connectivity index (χ3v) is 4.69. The number of aliphatic carboxylic acids is 1. The maximum absolute atomic E-state index is 11.1. The number of carbonyl (C=O) groups is 1. The minimum Gasteiger partial charge on any atom is -0.481 e. The first-order chi connectivity index (χ1) is 7.99. The molecule has 1 aromatic heterocycles. The molecule has 0 bridgehead atoms. The first-order valence-electron chi connectivity index (χ1n) is 5.70. The van der Waals surface area contributed by atoms with Gasteiger partial charge in [-0.2, -0.15) is 0 Å². The summed E-state index contributed by atoms with van der Waals surface area (Å²) in [5, 5.41) is 11.2. The van der Waals surface area contributed by atoms with Crippen molar-refractivity contribution < 1.29 is 9.90 Å². The van der Waals surface area contributed by atoms with Crippen LogP contribution in [0.1, 0.15) is 25.5 Å². The van der Waals surface area contributed by atoms with Crippen molar-refractivity contribution in [3.05, 3.63) is 21.3 Å². The zero-order valence-electron chi connectivity index (χ0n) is 9.89. The van der Waals surface area contributed by atoms with E-state index in [-0.39, 0.29) is 17.9 Å². The third kappa shape index (κ3) is 2.64. The van der Waals surface area contributed by atoms with Crippen LogP contribution in [0.2, 0.25) is 4.34 Å². The number of nitrogens with zero attached hydrogens (tertiary/aromatic N) is 1. The Bertz CT molecular complexity index is 420. The van der Waals surface area contributed by atoms with E-state index >= 15 is 0 Å². The molecule has 17 heavy (non-hydrogen) atoms. The van der Waals surface area contributed by atoms with Crippen molar-refractivity contribution in [3.63, 3.8) is 0 Å². The molecule has 1 aliphatic rings. The number of hydrogen-bond acceptors (Lipinski definition) is 3. The number of carboxylic acid groups (broad SMARTS) is 1. The fourth-order valence-corrected chi connectivity index (χ4v) is 3.37. The molecule has 94 valence electrons. The van der Waals surface area contributed by atoms with Crippen molar-refractivity contribution in [1.29, 1.82) is 0 Å². The van der Waals surface area contributed by atoms with Gasteiger partial charge in [0.1, 0.15) is 0 Å². The van der Waals surface area contributed by atoms with E-state index in [1.807, 2.05) is 18.4 Å². The van der Waals surface area contributed by atoms with Crippen LogP contribution < -0.4 is 0 Å². The smallest absolute Gasteiger partial charge is 0.308 e. The van der Waals surface area contributed by atoms with Crippen LogP contribution in [0.5, 0.6) is 0 Å². The summed E-state index contributed by atoms with van der Waals surface area (Å²) in [4.78, 5) is 13.3. The van der Waals surface area contributed by atoms with Gasteiger partial charge in [-0.1, -0.05) is 18.5 Å². The zero-order valence-corrected chi connectivity index (χ0v) is 11.5. The van der Waals surface area contributed by atoms with Crippen molar-refractivity contribution in [2.75, 3.05) is 13.1 Å². The number of likely N-dealkylation sites (tertiary alicyclic amines) is 1. The molecule has 0 amide bonds. The second kappa shape index (κ2) is 4.96. The van der Waals surface area contributed by atoms with Gasteiger partial charge in [-0.25, -0.2) is 0 Å². The summed E-state index contributed by atoms with van der Waals surface area (Å²) in [5.74, 6) is -0.717. The van der Waals surface area contributed by atoms with Crippen LogP contribution in [0.4, 0.5) is 0 Å². The van der Waals surface area contributed by atoms with Gasteiger partial charge in [0.25, 0.3) is 0 Å². The van der Waals surface area contributed by atoms with Crippen molar-refractivity contribution in [1.82, 2.24) is 4.90 Å². The summed E-state index contributed by atoms with van der Waals surface area (Å²) < 4.78 is 0.786. The lowest BCUT2D eigenvalue weighted by Crippen LogP contribution is -2.26. The minimum atomic E-state index is -0.685. The number of halogens is 1. The normalized spacial score (nSPS) is 27.2. The molecule has 3 nitrogen and oxygen atoms in total. The van der Waals surface area contributed by atoms with Crippen LogP contribution >= 0.6 is 22.9 Å². The first kappa shape index (κ1) is 12.9. The third-order valence-electron chi connectivity index (χ3n) is 3.58. The molecule has 0 saturated carbocycles. The van der Waals surface area contributed by atoms with Crippen molar-refractivity contribution >= 4 is 28.9 Å². The summed E-state index contributed by atoms with van der Waals surface area (Å²) in [6, 6.07) is 2.21. The van der Waals surface area contributed by atoms with Crippen molar-refractivity contribution in [2.24, 2.45) is 11.8 Å². The highest BCUT2D eigenvalue weighted by atomic mass is 35.5. The lowest BCUT2D eigenvalue weighted by Gasteiger charge is -2.23. The van der Waals surface area contributed by atoms with Crippen molar-refractivity contribution in [2.45, 2.75) is 19.9 Å². The van der Waals surface area contributed by atoms with Crippen LogP contribution in [-0.2, 0) is 4.79 Å². The predicted molar refractivity (Wildman–Crippen MR) is 69.6 cm³/mol. The molecular weight excluding hydrogens is 258 g/mol. The summed E-state index contributed by atoms with van der Waals surface area (Å²) in [6.07, 6.45) is 0. The Labute approximate surface area is 110 Å². The van der Waals surface area contributed by atoms with Crippen LogP contribution in [-0.4, -0.2) is 29.1 Å². The Hall–Kier alpha value is -0.580. The van der Waals surface area contributed by atoms with E-state index in [4.69, 9.17) is 16.7 Å². The molecule has 1 aromatic rings. The van der Waals surface area contributed by atoms with E-state index < -0.39 is 5.97 Å². The Balaban J connectivity index is 2.07. The van der Waals surface area contributed by atoms with Crippen LogP contribution in [0.3, 0.4) is 0 Å². The highest BCUT2D eigenvalue weighted by Crippen LogP contribution is 2.33. The molecule has 0 aromatic carbocycles. The monoisotopic (exact) mass is 273 g/mol.